The monoisotopic (exact) mass is 250 g/mol. The molecule has 1 heterocycles. The van der Waals surface area contributed by atoms with Gasteiger partial charge in [0.1, 0.15) is 11.6 Å². The Morgan fingerprint density at radius 1 is 1.28 bits per heavy atom. The van der Waals surface area contributed by atoms with Crippen molar-refractivity contribution >= 4 is 17.6 Å². The van der Waals surface area contributed by atoms with Crippen LogP contribution in [-0.4, -0.2) is 23.1 Å². The van der Waals surface area contributed by atoms with Gasteiger partial charge >= 0.3 is 0 Å². The molecule has 0 radical (unpaired) electrons. The zero-order chi connectivity index (χ0) is 13.1. The number of nitrogens with zero attached hydrogens (tertiary/aromatic N) is 3. The summed E-state index contributed by atoms with van der Waals surface area (Å²) >= 11 is 0. The minimum Gasteiger partial charge on any atom is -0.368 e. The van der Waals surface area contributed by atoms with Crippen LogP contribution in [0.1, 0.15) is 32.6 Å². The molecule has 1 fully saturated rings. The molecule has 18 heavy (non-hydrogen) atoms. The molecular formula is C12H22N6. The fourth-order valence-corrected chi connectivity index (χ4v) is 2.52. The topological polar surface area (TPSA) is 93.1 Å². The average molecular weight is 250 g/mol. The molecule has 6 nitrogen and oxygen atoms in total. The Hall–Kier alpha value is -1.56. The molecule has 0 aliphatic heterocycles. The highest BCUT2D eigenvalue weighted by atomic mass is 15.3. The predicted octanol–water partition coefficient (Wildman–Crippen LogP) is 1.36. The lowest BCUT2D eigenvalue weighted by atomic mass is 9.87. The molecule has 1 aromatic rings. The molecule has 0 atom stereocenters. The fraction of sp³-hybridized carbons (Fsp3) is 0.667. The first-order valence-electron chi connectivity index (χ1n) is 6.44. The molecule has 1 aliphatic carbocycles. The molecule has 1 aliphatic rings. The van der Waals surface area contributed by atoms with E-state index in [1.165, 1.54) is 25.7 Å². The van der Waals surface area contributed by atoms with Crippen molar-refractivity contribution in [1.82, 2.24) is 9.97 Å². The van der Waals surface area contributed by atoms with Gasteiger partial charge in [0.05, 0.1) is 0 Å². The Morgan fingerprint density at radius 3 is 2.56 bits per heavy atom. The van der Waals surface area contributed by atoms with Gasteiger partial charge in [-0.25, -0.2) is 5.84 Å². The van der Waals surface area contributed by atoms with Crippen LogP contribution in [0.5, 0.6) is 0 Å². The largest absolute Gasteiger partial charge is 0.368 e. The molecule has 0 saturated heterocycles. The smallest absolute Gasteiger partial charge is 0.223 e. The second kappa shape index (κ2) is 5.39. The lowest BCUT2D eigenvalue weighted by Gasteiger charge is -2.34. The highest BCUT2D eigenvalue weighted by molar-refractivity contribution is 5.52. The van der Waals surface area contributed by atoms with Crippen molar-refractivity contribution in [1.29, 1.82) is 0 Å². The number of hydrogen-bond donors (Lipinski definition) is 3. The Kier molecular flexibility index (Phi) is 3.86. The first-order valence-corrected chi connectivity index (χ1v) is 6.44. The second-order valence-corrected chi connectivity index (χ2v) is 5.14. The van der Waals surface area contributed by atoms with Gasteiger partial charge in [0.25, 0.3) is 0 Å². The van der Waals surface area contributed by atoms with Crippen LogP contribution in [0.15, 0.2) is 6.07 Å². The number of aromatic nitrogens is 2. The van der Waals surface area contributed by atoms with Gasteiger partial charge in [-0.3, -0.25) is 0 Å². The predicted molar refractivity (Wildman–Crippen MR) is 74.1 cm³/mol. The van der Waals surface area contributed by atoms with Crippen molar-refractivity contribution in [2.75, 3.05) is 23.1 Å². The third-order valence-corrected chi connectivity index (χ3v) is 3.77. The molecule has 0 spiro atoms. The standard InChI is InChI=1S/C12H22N6/c1-8-3-5-9(6-4-8)18(2)11-7-10(17-14)15-12(13)16-11/h7-9H,3-6,14H2,1-2H3,(H3,13,15,16,17). The number of nitrogens with one attached hydrogen (secondary N) is 1. The Morgan fingerprint density at radius 2 is 1.94 bits per heavy atom. The molecule has 0 unspecified atom stereocenters. The van der Waals surface area contributed by atoms with Gasteiger partial charge in [0.2, 0.25) is 5.95 Å². The van der Waals surface area contributed by atoms with E-state index in [-0.39, 0.29) is 5.95 Å². The van der Waals surface area contributed by atoms with Crippen molar-refractivity contribution in [2.24, 2.45) is 11.8 Å². The van der Waals surface area contributed by atoms with E-state index in [1.807, 2.05) is 6.07 Å². The summed E-state index contributed by atoms with van der Waals surface area (Å²) in [4.78, 5) is 10.5. The van der Waals surface area contributed by atoms with Crippen LogP contribution in [0.4, 0.5) is 17.6 Å². The average Bonchev–Trinajstić information content (AvgIpc) is 2.38. The van der Waals surface area contributed by atoms with Gasteiger partial charge in [-0.15, -0.1) is 0 Å². The summed E-state index contributed by atoms with van der Waals surface area (Å²) in [6.07, 6.45) is 4.95. The van der Waals surface area contributed by atoms with Crippen LogP contribution < -0.4 is 21.9 Å². The number of nitrogen functional groups attached to an aromatic ring is 2. The van der Waals surface area contributed by atoms with Gasteiger partial charge in [-0.2, -0.15) is 9.97 Å². The lowest BCUT2D eigenvalue weighted by Crippen LogP contribution is -2.35. The third kappa shape index (κ3) is 2.81. The SMILES string of the molecule is CC1CCC(N(C)c2cc(NN)nc(N)n2)CC1. The molecule has 1 saturated carbocycles. The summed E-state index contributed by atoms with van der Waals surface area (Å²) in [6, 6.07) is 2.36. The van der Waals surface area contributed by atoms with Crippen LogP contribution in [-0.2, 0) is 0 Å². The number of nitrogens with two attached hydrogens (primary N) is 2. The maximum Gasteiger partial charge on any atom is 0.223 e. The minimum atomic E-state index is 0.247. The van der Waals surface area contributed by atoms with Gasteiger partial charge < -0.3 is 16.1 Å². The van der Waals surface area contributed by atoms with Crippen LogP contribution in [0.2, 0.25) is 0 Å². The van der Waals surface area contributed by atoms with Crippen molar-refractivity contribution in [3.63, 3.8) is 0 Å². The molecular weight excluding hydrogens is 228 g/mol. The summed E-state index contributed by atoms with van der Waals surface area (Å²) in [5, 5.41) is 0. The molecule has 0 aromatic carbocycles. The molecule has 1 aromatic heterocycles. The number of rotatable bonds is 3. The molecule has 6 heteroatoms. The molecule has 100 valence electrons. The first kappa shape index (κ1) is 12.9. The van der Waals surface area contributed by atoms with Crippen LogP contribution in [0, 0.1) is 5.92 Å². The number of anilines is 3. The van der Waals surface area contributed by atoms with E-state index in [2.05, 4.69) is 34.3 Å². The van der Waals surface area contributed by atoms with Crippen LogP contribution in [0.25, 0.3) is 0 Å². The lowest BCUT2D eigenvalue weighted by molar-refractivity contribution is 0.340. The van der Waals surface area contributed by atoms with E-state index in [0.29, 0.717) is 11.9 Å². The summed E-state index contributed by atoms with van der Waals surface area (Å²) < 4.78 is 0. The van der Waals surface area contributed by atoms with E-state index >= 15 is 0 Å². The van der Waals surface area contributed by atoms with Crippen molar-refractivity contribution in [3.8, 4) is 0 Å². The van der Waals surface area contributed by atoms with Gasteiger partial charge in [-0.1, -0.05) is 6.92 Å². The molecule has 0 bridgehead atoms. The van der Waals surface area contributed by atoms with Gasteiger partial charge in [0.15, 0.2) is 0 Å². The van der Waals surface area contributed by atoms with E-state index in [1.54, 1.807) is 0 Å². The highest BCUT2D eigenvalue weighted by Gasteiger charge is 2.23. The Bertz CT molecular complexity index is 400. The summed E-state index contributed by atoms with van der Waals surface area (Å²) in [5.41, 5.74) is 8.20. The number of hydrazine groups is 1. The van der Waals surface area contributed by atoms with Crippen molar-refractivity contribution < 1.29 is 0 Å². The van der Waals surface area contributed by atoms with E-state index in [4.69, 9.17) is 11.6 Å². The highest BCUT2D eigenvalue weighted by Crippen LogP contribution is 2.29. The minimum absolute atomic E-state index is 0.247. The van der Waals surface area contributed by atoms with E-state index in [0.717, 1.165) is 11.7 Å². The molecule has 2 rings (SSSR count). The van der Waals surface area contributed by atoms with E-state index < -0.39 is 0 Å². The fourth-order valence-electron chi connectivity index (χ4n) is 2.52. The summed E-state index contributed by atoms with van der Waals surface area (Å²) in [6.45, 7) is 2.31. The zero-order valence-electron chi connectivity index (χ0n) is 11.1. The summed E-state index contributed by atoms with van der Waals surface area (Å²) in [5.74, 6) is 7.83. The Labute approximate surface area is 108 Å². The van der Waals surface area contributed by atoms with Crippen molar-refractivity contribution in [2.45, 2.75) is 38.6 Å². The molecule has 5 N–H and O–H groups in total. The van der Waals surface area contributed by atoms with E-state index in [9.17, 15) is 0 Å². The first-order chi connectivity index (χ1) is 8.60. The maximum absolute atomic E-state index is 5.68. The Balaban J connectivity index is 2.12. The van der Waals surface area contributed by atoms with Gasteiger partial charge in [-0.05, 0) is 31.6 Å². The number of hydrogen-bond acceptors (Lipinski definition) is 6. The third-order valence-electron chi connectivity index (χ3n) is 3.77. The zero-order valence-corrected chi connectivity index (χ0v) is 11.1. The van der Waals surface area contributed by atoms with Crippen molar-refractivity contribution in [3.05, 3.63) is 6.07 Å². The summed E-state index contributed by atoms with van der Waals surface area (Å²) in [7, 11) is 2.06. The van der Waals surface area contributed by atoms with Crippen LogP contribution >= 0.6 is 0 Å². The maximum atomic E-state index is 5.68. The second-order valence-electron chi connectivity index (χ2n) is 5.14. The normalized spacial score (nSPS) is 23.7. The quantitative estimate of drug-likeness (QED) is 0.554. The van der Waals surface area contributed by atoms with Crippen LogP contribution in [0.3, 0.4) is 0 Å². The molecule has 0 amide bonds. The van der Waals surface area contributed by atoms with Gasteiger partial charge in [0, 0.05) is 19.2 Å².